The fourth-order valence-electron chi connectivity index (χ4n) is 1.66. The Labute approximate surface area is 91.8 Å². The lowest BCUT2D eigenvalue weighted by molar-refractivity contribution is 0.421. The molecule has 0 amide bonds. The summed E-state index contributed by atoms with van der Waals surface area (Å²) in [5, 5.41) is 0. The highest BCUT2D eigenvalue weighted by Crippen LogP contribution is 2.27. The molecule has 1 fully saturated rings. The molecule has 0 spiro atoms. The molecule has 66 valence electrons. The summed E-state index contributed by atoms with van der Waals surface area (Å²) in [5.41, 5.74) is 0. The summed E-state index contributed by atoms with van der Waals surface area (Å²) in [7, 11) is 0. The molecule has 2 unspecified atom stereocenters. The van der Waals surface area contributed by atoms with Crippen molar-refractivity contribution in [3.05, 3.63) is 0 Å². The Hall–Kier alpha value is 1.21. The van der Waals surface area contributed by atoms with E-state index in [1.807, 2.05) is 0 Å². The summed E-state index contributed by atoms with van der Waals surface area (Å²) in [4.78, 5) is 0.813. The van der Waals surface area contributed by atoms with Gasteiger partial charge in [0.25, 0.3) is 0 Å². The smallest absolute Gasteiger partial charge is 0.0145 e. The van der Waals surface area contributed by atoms with Gasteiger partial charge in [-0.2, -0.15) is 0 Å². The number of rotatable bonds is 1. The van der Waals surface area contributed by atoms with E-state index in [0.29, 0.717) is 0 Å². The quantitative estimate of drug-likeness (QED) is 0.500. The zero-order valence-corrected chi connectivity index (χ0v) is 10.6. The summed E-state index contributed by atoms with van der Waals surface area (Å²) < 4.78 is 1.36. The molecule has 0 bridgehead atoms. The molecule has 0 N–H and O–H groups in total. The van der Waals surface area contributed by atoms with Crippen LogP contribution in [0.1, 0.15) is 38.5 Å². The minimum atomic E-state index is 0.813. The van der Waals surface area contributed by atoms with Crippen molar-refractivity contribution in [3.63, 3.8) is 0 Å². The van der Waals surface area contributed by atoms with E-state index in [2.05, 4.69) is 38.5 Å². The molecule has 1 saturated carbocycles. The van der Waals surface area contributed by atoms with E-state index in [0.717, 1.165) is 10.7 Å². The Kier molecular flexibility index (Phi) is 5.41. The van der Waals surface area contributed by atoms with E-state index in [9.17, 15) is 0 Å². The summed E-state index contributed by atoms with van der Waals surface area (Å²) in [6.07, 6.45) is 8.60. The van der Waals surface area contributed by atoms with Gasteiger partial charge in [0.15, 0.2) is 0 Å². The van der Waals surface area contributed by atoms with Crippen molar-refractivity contribution in [2.75, 3.05) is 4.43 Å². The molecule has 2 atom stereocenters. The van der Waals surface area contributed by atoms with Gasteiger partial charge in [-0.3, -0.25) is 0 Å². The molecule has 0 radical (unpaired) electrons. The summed E-state index contributed by atoms with van der Waals surface area (Å²) >= 11 is 6.26. The van der Waals surface area contributed by atoms with Gasteiger partial charge in [0, 0.05) is 9.25 Å². The Bertz CT molecular complexity index is 106. The minimum absolute atomic E-state index is 0.813. The Morgan fingerprint density at radius 3 is 2.55 bits per heavy atom. The van der Waals surface area contributed by atoms with Crippen molar-refractivity contribution in [1.82, 2.24) is 0 Å². The first kappa shape index (κ1) is 10.3. The number of hydrogen-bond acceptors (Lipinski definition) is 0. The number of alkyl halides is 2. The fraction of sp³-hybridized carbons (Fsp3) is 1.00. The molecule has 0 saturated heterocycles. The maximum atomic E-state index is 3.73. The lowest BCUT2D eigenvalue weighted by Crippen LogP contribution is -2.10. The highest BCUT2D eigenvalue weighted by atomic mass is 127. The Morgan fingerprint density at radius 2 is 1.82 bits per heavy atom. The van der Waals surface area contributed by atoms with E-state index in [4.69, 9.17) is 0 Å². The lowest BCUT2D eigenvalue weighted by Gasteiger charge is -2.19. The van der Waals surface area contributed by atoms with E-state index in [1.165, 1.54) is 43.0 Å². The fourth-order valence-corrected chi connectivity index (χ4v) is 3.13. The topological polar surface area (TPSA) is 0 Å². The van der Waals surface area contributed by atoms with Crippen molar-refractivity contribution in [1.29, 1.82) is 0 Å². The SMILES string of the molecule is BrC1CCCCC(CI)CC1. The van der Waals surface area contributed by atoms with E-state index in [1.54, 1.807) is 0 Å². The van der Waals surface area contributed by atoms with Crippen LogP contribution in [0.2, 0.25) is 0 Å². The normalized spacial score (nSPS) is 34.4. The zero-order chi connectivity index (χ0) is 8.10. The molecular weight excluding hydrogens is 315 g/mol. The molecule has 1 aliphatic rings. The molecule has 0 nitrogen and oxygen atoms in total. The summed E-state index contributed by atoms with van der Waals surface area (Å²) in [6.45, 7) is 0. The third-order valence-electron chi connectivity index (χ3n) is 2.49. The molecule has 2 heteroatoms. The van der Waals surface area contributed by atoms with Gasteiger partial charge >= 0.3 is 0 Å². The van der Waals surface area contributed by atoms with Crippen LogP contribution in [0.4, 0.5) is 0 Å². The van der Waals surface area contributed by atoms with Gasteiger partial charge in [0.2, 0.25) is 0 Å². The van der Waals surface area contributed by atoms with Gasteiger partial charge in [0.05, 0.1) is 0 Å². The summed E-state index contributed by atoms with van der Waals surface area (Å²) in [5.74, 6) is 1.01. The van der Waals surface area contributed by atoms with Crippen LogP contribution in [0.25, 0.3) is 0 Å². The van der Waals surface area contributed by atoms with Crippen LogP contribution in [0.3, 0.4) is 0 Å². The second-order valence-electron chi connectivity index (χ2n) is 3.48. The molecule has 11 heavy (non-hydrogen) atoms. The predicted molar refractivity (Wildman–Crippen MR) is 62.8 cm³/mol. The second kappa shape index (κ2) is 5.79. The van der Waals surface area contributed by atoms with Crippen molar-refractivity contribution in [3.8, 4) is 0 Å². The van der Waals surface area contributed by atoms with Crippen molar-refractivity contribution in [2.45, 2.75) is 43.4 Å². The molecular formula is C9H16BrI. The standard InChI is InChI=1S/C9H16BrI/c10-9-4-2-1-3-8(7-11)5-6-9/h8-9H,1-7H2. The van der Waals surface area contributed by atoms with Gasteiger partial charge in [0.1, 0.15) is 0 Å². The van der Waals surface area contributed by atoms with Gasteiger partial charge in [-0.05, 0) is 31.6 Å². The maximum absolute atomic E-state index is 3.73. The van der Waals surface area contributed by atoms with Crippen LogP contribution < -0.4 is 0 Å². The monoisotopic (exact) mass is 330 g/mol. The zero-order valence-electron chi connectivity index (χ0n) is 6.86. The third kappa shape index (κ3) is 4.11. The lowest BCUT2D eigenvalue weighted by atomic mass is 9.93. The van der Waals surface area contributed by atoms with Crippen LogP contribution in [0, 0.1) is 5.92 Å². The molecule has 0 aromatic carbocycles. The van der Waals surface area contributed by atoms with Crippen molar-refractivity contribution < 1.29 is 0 Å². The van der Waals surface area contributed by atoms with E-state index >= 15 is 0 Å². The molecule has 0 aliphatic heterocycles. The van der Waals surface area contributed by atoms with Crippen molar-refractivity contribution in [2.24, 2.45) is 5.92 Å². The van der Waals surface area contributed by atoms with Crippen LogP contribution in [-0.2, 0) is 0 Å². The van der Waals surface area contributed by atoms with Crippen LogP contribution in [0.5, 0.6) is 0 Å². The number of halogens is 2. The van der Waals surface area contributed by atoms with E-state index in [-0.39, 0.29) is 0 Å². The molecule has 0 aromatic rings. The first-order valence-corrected chi connectivity index (χ1v) is 6.97. The van der Waals surface area contributed by atoms with Crippen LogP contribution >= 0.6 is 38.5 Å². The largest absolute Gasteiger partial charge is 0.0891 e. The van der Waals surface area contributed by atoms with Crippen molar-refractivity contribution >= 4 is 38.5 Å². The highest BCUT2D eigenvalue weighted by Gasteiger charge is 2.13. The molecule has 1 rings (SSSR count). The highest BCUT2D eigenvalue weighted by molar-refractivity contribution is 14.1. The van der Waals surface area contributed by atoms with Crippen LogP contribution in [-0.4, -0.2) is 9.25 Å². The average molecular weight is 331 g/mol. The third-order valence-corrected chi connectivity index (χ3v) is 4.65. The predicted octanol–water partition coefficient (Wildman–Crippen LogP) is 4.16. The Morgan fingerprint density at radius 1 is 1.09 bits per heavy atom. The molecule has 0 heterocycles. The maximum Gasteiger partial charge on any atom is 0.0145 e. The second-order valence-corrected chi connectivity index (χ2v) is 5.66. The average Bonchev–Trinajstić information content (AvgIpc) is 1.98. The van der Waals surface area contributed by atoms with Gasteiger partial charge in [-0.1, -0.05) is 51.4 Å². The molecule has 1 aliphatic carbocycles. The summed E-state index contributed by atoms with van der Waals surface area (Å²) in [6, 6.07) is 0. The Balaban J connectivity index is 2.25. The first-order valence-electron chi connectivity index (χ1n) is 4.53. The minimum Gasteiger partial charge on any atom is -0.0891 e. The van der Waals surface area contributed by atoms with Gasteiger partial charge in [-0.15, -0.1) is 0 Å². The molecule has 0 aromatic heterocycles. The van der Waals surface area contributed by atoms with Gasteiger partial charge in [-0.25, -0.2) is 0 Å². The van der Waals surface area contributed by atoms with Gasteiger partial charge < -0.3 is 0 Å². The van der Waals surface area contributed by atoms with Crippen LogP contribution in [0.15, 0.2) is 0 Å². The number of hydrogen-bond donors (Lipinski definition) is 0. The first-order chi connectivity index (χ1) is 5.33. The van der Waals surface area contributed by atoms with E-state index < -0.39 is 0 Å².